The van der Waals surface area contributed by atoms with Crippen molar-refractivity contribution < 1.29 is 4.39 Å². The Balaban J connectivity index is 2.18. The van der Waals surface area contributed by atoms with Crippen LogP contribution in [0, 0.1) is 5.82 Å². The van der Waals surface area contributed by atoms with Gasteiger partial charge in [0.1, 0.15) is 5.82 Å². The standard InChI is InChI=1S/C16H18FN/c1-2-18-16(11-13-7-4-3-5-8-13)14-9-6-10-15(17)12-14/h3-10,12,16,18H,2,11H2,1H3. The Kier molecular flexibility index (Phi) is 4.48. The summed E-state index contributed by atoms with van der Waals surface area (Å²) >= 11 is 0. The average Bonchev–Trinajstić information content (AvgIpc) is 2.39. The van der Waals surface area contributed by atoms with Crippen molar-refractivity contribution in [3.8, 4) is 0 Å². The molecule has 2 heteroatoms. The molecule has 1 nitrogen and oxygen atoms in total. The highest BCUT2D eigenvalue weighted by Gasteiger charge is 2.11. The van der Waals surface area contributed by atoms with Gasteiger partial charge in [-0.3, -0.25) is 0 Å². The van der Waals surface area contributed by atoms with E-state index < -0.39 is 0 Å². The van der Waals surface area contributed by atoms with E-state index in [9.17, 15) is 4.39 Å². The van der Waals surface area contributed by atoms with Crippen molar-refractivity contribution in [2.24, 2.45) is 0 Å². The first-order chi connectivity index (χ1) is 8.79. The fraction of sp³-hybridized carbons (Fsp3) is 0.250. The van der Waals surface area contributed by atoms with E-state index in [-0.39, 0.29) is 11.9 Å². The van der Waals surface area contributed by atoms with Crippen LogP contribution in [0.5, 0.6) is 0 Å². The van der Waals surface area contributed by atoms with Gasteiger partial charge in [-0.2, -0.15) is 0 Å². The Bertz CT molecular complexity index is 481. The third-order valence-corrected chi connectivity index (χ3v) is 2.98. The highest BCUT2D eigenvalue weighted by Crippen LogP contribution is 2.19. The van der Waals surface area contributed by atoms with E-state index in [0.29, 0.717) is 0 Å². The normalized spacial score (nSPS) is 12.3. The third-order valence-electron chi connectivity index (χ3n) is 2.98. The second kappa shape index (κ2) is 6.31. The molecule has 1 unspecified atom stereocenters. The number of likely N-dealkylation sites (N-methyl/N-ethyl adjacent to an activating group) is 1. The summed E-state index contributed by atoms with van der Waals surface area (Å²) in [5, 5.41) is 3.41. The topological polar surface area (TPSA) is 12.0 Å². The first-order valence-corrected chi connectivity index (χ1v) is 6.32. The minimum absolute atomic E-state index is 0.160. The van der Waals surface area contributed by atoms with Crippen LogP contribution in [-0.4, -0.2) is 6.54 Å². The van der Waals surface area contributed by atoms with Gasteiger partial charge in [-0.25, -0.2) is 4.39 Å². The van der Waals surface area contributed by atoms with E-state index in [0.717, 1.165) is 18.5 Å². The zero-order chi connectivity index (χ0) is 12.8. The predicted octanol–water partition coefficient (Wildman–Crippen LogP) is 3.72. The lowest BCUT2D eigenvalue weighted by Crippen LogP contribution is -2.23. The second-order valence-electron chi connectivity index (χ2n) is 4.35. The molecule has 0 radical (unpaired) electrons. The maximum absolute atomic E-state index is 13.3. The largest absolute Gasteiger partial charge is 0.310 e. The van der Waals surface area contributed by atoms with Gasteiger partial charge in [0.15, 0.2) is 0 Å². The van der Waals surface area contributed by atoms with Crippen LogP contribution >= 0.6 is 0 Å². The molecule has 0 spiro atoms. The molecule has 0 saturated heterocycles. The zero-order valence-corrected chi connectivity index (χ0v) is 10.6. The SMILES string of the molecule is CCNC(Cc1ccccc1)c1cccc(F)c1. The quantitative estimate of drug-likeness (QED) is 0.844. The molecule has 2 aromatic rings. The Hall–Kier alpha value is -1.67. The molecule has 0 heterocycles. The van der Waals surface area contributed by atoms with E-state index in [1.54, 1.807) is 12.1 Å². The second-order valence-corrected chi connectivity index (χ2v) is 4.35. The van der Waals surface area contributed by atoms with Crippen LogP contribution in [0.1, 0.15) is 24.1 Å². The number of hydrogen-bond donors (Lipinski definition) is 1. The van der Waals surface area contributed by atoms with E-state index in [1.807, 2.05) is 24.3 Å². The minimum atomic E-state index is -0.177. The van der Waals surface area contributed by atoms with Gasteiger partial charge in [-0.05, 0) is 36.2 Å². The van der Waals surface area contributed by atoms with Gasteiger partial charge < -0.3 is 5.32 Å². The highest BCUT2D eigenvalue weighted by atomic mass is 19.1. The van der Waals surface area contributed by atoms with E-state index in [2.05, 4.69) is 24.4 Å². The molecular weight excluding hydrogens is 225 g/mol. The summed E-state index contributed by atoms with van der Waals surface area (Å²) in [5.74, 6) is -0.177. The van der Waals surface area contributed by atoms with Gasteiger partial charge >= 0.3 is 0 Å². The van der Waals surface area contributed by atoms with E-state index >= 15 is 0 Å². The van der Waals surface area contributed by atoms with Gasteiger partial charge in [0.2, 0.25) is 0 Å². The monoisotopic (exact) mass is 243 g/mol. The van der Waals surface area contributed by atoms with Crippen molar-refractivity contribution in [3.05, 3.63) is 71.5 Å². The molecule has 0 amide bonds. The van der Waals surface area contributed by atoms with Crippen LogP contribution < -0.4 is 5.32 Å². The molecule has 0 aromatic heterocycles. The Morgan fingerprint density at radius 3 is 2.50 bits per heavy atom. The van der Waals surface area contributed by atoms with E-state index in [4.69, 9.17) is 0 Å². The van der Waals surface area contributed by atoms with Gasteiger partial charge in [0.25, 0.3) is 0 Å². The lowest BCUT2D eigenvalue weighted by atomic mass is 9.99. The number of rotatable bonds is 5. The molecule has 1 N–H and O–H groups in total. The summed E-state index contributed by atoms with van der Waals surface area (Å²) < 4.78 is 13.3. The van der Waals surface area contributed by atoms with Crippen LogP contribution in [0.4, 0.5) is 4.39 Å². The van der Waals surface area contributed by atoms with Crippen LogP contribution in [-0.2, 0) is 6.42 Å². The van der Waals surface area contributed by atoms with Crippen LogP contribution in [0.15, 0.2) is 54.6 Å². The number of halogens is 1. The lowest BCUT2D eigenvalue weighted by molar-refractivity contribution is 0.543. The van der Waals surface area contributed by atoms with E-state index in [1.165, 1.54) is 11.6 Å². The van der Waals surface area contributed by atoms with Crippen molar-refractivity contribution in [3.63, 3.8) is 0 Å². The van der Waals surface area contributed by atoms with Crippen molar-refractivity contribution in [2.45, 2.75) is 19.4 Å². The maximum atomic E-state index is 13.3. The van der Waals surface area contributed by atoms with Crippen molar-refractivity contribution >= 4 is 0 Å². The van der Waals surface area contributed by atoms with Crippen LogP contribution in [0.2, 0.25) is 0 Å². The van der Waals surface area contributed by atoms with Gasteiger partial charge in [-0.1, -0.05) is 49.4 Å². The first-order valence-electron chi connectivity index (χ1n) is 6.32. The molecule has 0 aliphatic rings. The molecule has 2 aromatic carbocycles. The van der Waals surface area contributed by atoms with Gasteiger partial charge in [0.05, 0.1) is 0 Å². The zero-order valence-electron chi connectivity index (χ0n) is 10.6. The Morgan fingerprint density at radius 2 is 1.83 bits per heavy atom. The Labute approximate surface area is 108 Å². The number of nitrogens with one attached hydrogen (secondary N) is 1. The summed E-state index contributed by atoms with van der Waals surface area (Å²) in [6.07, 6.45) is 0.873. The molecule has 94 valence electrons. The Morgan fingerprint density at radius 1 is 1.06 bits per heavy atom. The van der Waals surface area contributed by atoms with Crippen molar-refractivity contribution in [1.82, 2.24) is 5.32 Å². The predicted molar refractivity (Wildman–Crippen MR) is 73.0 cm³/mol. The number of benzene rings is 2. The smallest absolute Gasteiger partial charge is 0.123 e. The third kappa shape index (κ3) is 3.41. The molecule has 0 aliphatic carbocycles. The molecule has 1 atom stereocenters. The van der Waals surface area contributed by atoms with Gasteiger partial charge in [-0.15, -0.1) is 0 Å². The van der Waals surface area contributed by atoms with Crippen LogP contribution in [0.3, 0.4) is 0 Å². The lowest BCUT2D eigenvalue weighted by Gasteiger charge is -2.18. The van der Waals surface area contributed by atoms with Crippen molar-refractivity contribution in [2.75, 3.05) is 6.54 Å². The maximum Gasteiger partial charge on any atom is 0.123 e. The molecule has 2 rings (SSSR count). The molecule has 0 fully saturated rings. The molecule has 0 saturated carbocycles. The molecule has 0 bridgehead atoms. The first kappa shape index (κ1) is 12.8. The summed E-state index contributed by atoms with van der Waals surface area (Å²) in [6.45, 7) is 2.94. The molecule has 18 heavy (non-hydrogen) atoms. The summed E-state index contributed by atoms with van der Waals surface area (Å²) in [7, 11) is 0. The minimum Gasteiger partial charge on any atom is -0.310 e. The number of hydrogen-bond acceptors (Lipinski definition) is 1. The van der Waals surface area contributed by atoms with Crippen LogP contribution in [0.25, 0.3) is 0 Å². The molecule has 0 aliphatic heterocycles. The fourth-order valence-corrected chi connectivity index (χ4v) is 2.13. The van der Waals surface area contributed by atoms with Gasteiger partial charge in [0, 0.05) is 6.04 Å². The van der Waals surface area contributed by atoms with Crippen molar-refractivity contribution in [1.29, 1.82) is 0 Å². The summed E-state index contributed by atoms with van der Waals surface area (Å²) in [5.41, 5.74) is 2.26. The average molecular weight is 243 g/mol. The highest BCUT2D eigenvalue weighted by molar-refractivity contribution is 5.24. The summed E-state index contributed by atoms with van der Waals surface area (Å²) in [4.78, 5) is 0. The fourth-order valence-electron chi connectivity index (χ4n) is 2.13. The molecular formula is C16H18FN. The summed E-state index contributed by atoms with van der Waals surface area (Å²) in [6, 6.07) is 17.3.